The first-order chi connectivity index (χ1) is 8.19. The fourth-order valence-corrected chi connectivity index (χ4v) is 1.49. The van der Waals surface area contributed by atoms with Gasteiger partial charge in [-0.2, -0.15) is 5.26 Å². The van der Waals surface area contributed by atoms with E-state index >= 15 is 0 Å². The first kappa shape index (κ1) is 11.2. The second-order valence-corrected chi connectivity index (χ2v) is 3.67. The fourth-order valence-electron chi connectivity index (χ4n) is 1.49. The Hall–Kier alpha value is -2.28. The number of nitriles is 1. The molecule has 0 unspecified atom stereocenters. The summed E-state index contributed by atoms with van der Waals surface area (Å²) in [6.07, 6.45) is 0. The summed E-state index contributed by atoms with van der Waals surface area (Å²) in [6, 6.07) is 9.89. The van der Waals surface area contributed by atoms with Crippen molar-refractivity contribution in [2.45, 2.75) is 13.5 Å². The van der Waals surface area contributed by atoms with E-state index in [1.807, 2.05) is 19.1 Å². The Morgan fingerprint density at radius 3 is 2.82 bits per heavy atom. The molecule has 1 heterocycles. The molecule has 0 radical (unpaired) electrons. The largest absolute Gasteiger partial charge is 0.465 e. The Balaban J connectivity index is 2.07. The van der Waals surface area contributed by atoms with Gasteiger partial charge >= 0.3 is 0 Å². The molecule has 3 nitrogen and oxygen atoms in total. The van der Waals surface area contributed by atoms with E-state index in [1.54, 1.807) is 12.1 Å². The van der Waals surface area contributed by atoms with Gasteiger partial charge in [0.25, 0.3) is 0 Å². The van der Waals surface area contributed by atoms with Gasteiger partial charge in [-0.15, -0.1) is 0 Å². The lowest BCUT2D eigenvalue weighted by Gasteiger charge is -2.04. The van der Waals surface area contributed by atoms with Gasteiger partial charge < -0.3 is 9.73 Å². The zero-order valence-corrected chi connectivity index (χ0v) is 9.33. The van der Waals surface area contributed by atoms with Crippen molar-refractivity contribution >= 4 is 5.69 Å². The monoisotopic (exact) mass is 230 g/mol. The van der Waals surface area contributed by atoms with Crippen LogP contribution >= 0.6 is 0 Å². The molecule has 1 aromatic carbocycles. The average molecular weight is 230 g/mol. The van der Waals surface area contributed by atoms with Crippen LogP contribution in [0.4, 0.5) is 10.1 Å². The molecule has 0 amide bonds. The van der Waals surface area contributed by atoms with Crippen molar-refractivity contribution < 1.29 is 8.81 Å². The highest BCUT2D eigenvalue weighted by Crippen LogP contribution is 2.15. The second kappa shape index (κ2) is 4.71. The summed E-state index contributed by atoms with van der Waals surface area (Å²) in [6.45, 7) is 2.37. The predicted octanol–water partition coefficient (Wildman–Crippen LogP) is 3.21. The van der Waals surface area contributed by atoms with Crippen LogP contribution in [-0.4, -0.2) is 0 Å². The minimum atomic E-state index is -0.508. The van der Waals surface area contributed by atoms with Crippen LogP contribution in [0, 0.1) is 24.1 Å². The Morgan fingerprint density at radius 2 is 2.18 bits per heavy atom. The minimum Gasteiger partial charge on any atom is -0.465 e. The number of hydrogen-bond donors (Lipinski definition) is 1. The maximum Gasteiger partial charge on any atom is 0.141 e. The van der Waals surface area contributed by atoms with E-state index in [0.717, 1.165) is 11.5 Å². The molecule has 0 spiro atoms. The average Bonchev–Trinajstić information content (AvgIpc) is 2.74. The molecule has 0 aliphatic carbocycles. The van der Waals surface area contributed by atoms with Gasteiger partial charge in [-0.3, -0.25) is 0 Å². The summed E-state index contributed by atoms with van der Waals surface area (Å²) in [4.78, 5) is 0. The number of nitrogens with zero attached hydrogens (tertiary/aromatic N) is 1. The molecule has 2 aromatic rings. The summed E-state index contributed by atoms with van der Waals surface area (Å²) >= 11 is 0. The summed E-state index contributed by atoms with van der Waals surface area (Å²) < 4.78 is 18.5. The van der Waals surface area contributed by atoms with Crippen molar-refractivity contribution in [3.05, 3.63) is 53.2 Å². The van der Waals surface area contributed by atoms with Crippen LogP contribution in [0.2, 0.25) is 0 Å². The van der Waals surface area contributed by atoms with Crippen LogP contribution in [0.15, 0.2) is 34.7 Å². The van der Waals surface area contributed by atoms with Crippen molar-refractivity contribution in [3.8, 4) is 6.07 Å². The van der Waals surface area contributed by atoms with E-state index in [0.29, 0.717) is 12.2 Å². The first-order valence-corrected chi connectivity index (χ1v) is 5.18. The molecule has 1 aromatic heterocycles. The summed E-state index contributed by atoms with van der Waals surface area (Å²) in [5.41, 5.74) is 0.725. The molecule has 0 bridgehead atoms. The van der Waals surface area contributed by atoms with Crippen molar-refractivity contribution in [2.75, 3.05) is 5.32 Å². The Bertz CT molecular complexity index is 569. The highest BCUT2D eigenvalue weighted by molar-refractivity contribution is 5.49. The third-order valence-electron chi connectivity index (χ3n) is 2.35. The number of nitrogens with one attached hydrogen (secondary N) is 1. The Morgan fingerprint density at radius 1 is 1.35 bits per heavy atom. The van der Waals surface area contributed by atoms with Crippen molar-refractivity contribution in [1.82, 2.24) is 0 Å². The third kappa shape index (κ3) is 2.64. The van der Waals surface area contributed by atoms with Crippen molar-refractivity contribution in [3.63, 3.8) is 0 Å². The lowest BCUT2D eigenvalue weighted by molar-refractivity contribution is 0.490. The van der Waals surface area contributed by atoms with E-state index in [1.165, 1.54) is 12.1 Å². The van der Waals surface area contributed by atoms with E-state index in [-0.39, 0.29) is 5.56 Å². The predicted molar refractivity (Wildman–Crippen MR) is 61.9 cm³/mol. The Labute approximate surface area is 98.5 Å². The molecule has 0 saturated carbocycles. The third-order valence-corrected chi connectivity index (χ3v) is 2.35. The van der Waals surface area contributed by atoms with Gasteiger partial charge in [-0.05, 0) is 37.3 Å². The number of benzene rings is 1. The molecule has 17 heavy (non-hydrogen) atoms. The van der Waals surface area contributed by atoms with Gasteiger partial charge in [-0.25, -0.2) is 4.39 Å². The molecule has 0 fully saturated rings. The highest BCUT2D eigenvalue weighted by Gasteiger charge is 2.03. The van der Waals surface area contributed by atoms with Crippen LogP contribution in [0.5, 0.6) is 0 Å². The minimum absolute atomic E-state index is 0.0330. The van der Waals surface area contributed by atoms with Crippen molar-refractivity contribution in [2.24, 2.45) is 0 Å². The second-order valence-electron chi connectivity index (χ2n) is 3.67. The molecule has 0 atom stereocenters. The van der Waals surface area contributed by atoms with Gasteiger partial charge in [0.2, 0.25) is 0 Å². The summed E-state index contributed by atoms with van der Waals surface area (Å²) in [5, 5.41) is 11.8. The molecule has 0 aliphatic heterocycles. The Kier molecular flexibility index (Phi) is 3.10. The first-order valence-electron chi connectivity index (χ1n) is 5.18. The van der Waals surface area contributed by atoms with Crippen LogP contribution in [0.1, 0.15) is 17.1 Å². The number of furan rings is 1. The lowest BCUT2D eigenvalue weighted by Crippen LogP contribution is -1.99. The molecule has 1 N–H and O–H groups in total. The van der Waals surface area contributed by atoms with Gasteiger partial charge in [-0.1, -0.05) is 0 Å². The molecular formula is C13H11FN2O. The van der Waals surface area contributed by atoms with Crippen molar-refractivity contribution in [1.29, 1.82) is 5.26 Å². The van der Waals surface area contributed by atoms with Crippen LogP contribution in [0.3, 0.4) is 0 Å². The summed E-state index contributed by atoms with van der Waals surface area (Å²) in [7, 11) is 0. The van der Waals surface area contributed by atoms with Gasteiger partial charge in [0.05, 0.1) is 12.1 Å². The van der Waals surface area contributed by atoms with Crippen LogP contribution in [-0.2, 0) is 6.54 Å². The molecular weight excluding hydrogens is 219 g/mol. The zero-order chi connectivity index (χ0) is 12.3. The molecule has 2 rings (SSSR count). The SMILES string of the molecule is Cc1ccc(CNc2ccc(F)c(C#N)c2)o1. The van der Waals surface area contributed by atoms with E-state index < -0.39 is 5.82 Å². The van der Waals surface area contributed by atoms with E-state index in [2.05, 4.69) is 5.32 Å². The standard InChI is InChI=1S/C13H11FN2O/c1-9-2-4-12(17-9)8-16-11-3-5-13(14)10(6-11)7-15/h2-6,16H,8H2,1H3. The smallest absolute Gasteiger partial charge is 0.141 e. The van der Waals surface area contributed by atoms with Gasteiger partial charge in [0.1, 0.15) is 23.4 Å². The van der Waals surface area contributed by atoms with Crippen LogP contribution < -0.4 is 5.32 Å². The molecule has 4 heteroatoms. The highest BCUT2D eigenvalue weighted by atomic mass is 19.1. The molecule has 86 valence electrons. The normalized spacial score (nSPS) is 9.94. The summed E-state index contributed by atoms with van der Waals surface area (Å²) in [5.74, 6) is 1.14. The fraction of sp³-hybridized carbons (Fsp3) is 0.154. The number of aryl methyl sites for hydroxylation is 1. The number of halogens is 1. The topological polar surface area (TPSA) is 49.0 Å². The quantitative estimate of drug-likeness (QED) is 0.880. The van der Waals surface area contributed by atoms with E-state index in [9.17, 15) is 4.39 Å². The number of anilines is 1. The lowest BCUT2D eigenvalue weighted by atomic mass is 10.2. The van der Waals surface area contributed by atoms with Gasteiger partial charge in [0.15, 0.2) is 0 Å². The molecule has 0 aliphatic rings. The molecule has 0 saturated heterocycles. The van der Waals surface area contributed by atoms with Crippen LogP contribution in [0.25, 0.3) is 0 Å². The maximum atomic E-state index is 13.1. The van der Waals surface area contributed by atoms with Gasteiger partial charge in [0, 0.05) is 5.69 Å². The van der Waals surface area contributed by atoms with E-state index in [4.69, 9.17) is 9.68 Å². The number of rotatable bonds is 3. The maximum absolute atomic E-state index is 13.1. The number of hydrogen-bond acceptors (Lipinski definition) is 3. The zero-order valence-electron chi connectivity index (χ0n) is 9.33.